The highest BCUT2D eigenvalue weighted by atomic mass is 32.1. The molecular formula is C15H22N2O4S. The van der Waals surface area contributed by atoms with Crippen molar-refractivity contribution >= 4 is 23.2 Å². The van der Waals surface area contributed by atoms with E-state index in [1.54, 1.807) is 12.3 Å². The van der Waals surface area contributed by atoms with Crippen molar-refractivity contribution in [2.75, 3.05) is 0 Å². The first-order chi connectivity index (χ1) is 10.5. The molecule has 7 heteroatoms. The lowest BCUT2D eigenvalue weighted by Gasteiger charge is -2.17. The first-order valence-corrected chi connectivity index (χ1v) is 8.50. The molecule has 22 heavy (non-hydrogen) atoms. The summed E-state index contributed by atoms with van der Waals surface area (Å²) in [5.74, 6) is -0.712. The summed E-state index contributed by atoms with van der Waals surface area (Å²) in [6, 6.07) is 0.209. The maximum Gasteiger partial charge on any atom is 0.308 e. The Morgan fingerprint density at radius 3 is 2.73 bits per heavy atom. The summed E-state index contributed by atoms with van der Waals surface area (Å²) in [4.78, 5) is 35.2. The van der Waals surface area contributed by atoms with Crippen LogP contribution in [0.5, 0.6) is 0 Å². The van der Waals surface area contributed by atoms with Gasteiger partial charge < -0.3 is 14.6 Å². The van der Waals surface area contributed by atoms with Gasteiger partial charge in [0.25, 0.3) is 5.91 Å². The maximum absolute atomic E-state index is 11.9. The van der Waals surface area contributed by atoms with E-state index in [0.29, 0.717) is 0 Å². The van der Waals surface area contributed by atoms with Crippen molar-refractivity contribution in [3.05, 3.63) is 20.7 Å². The molecule has 1 fully saturated rings. The van der Waals surface area contributed by atoms with E-state index in [1.807, 2.05) is 6.92 Å². The van der Waals surface area contributed by atoms with Crippen LogP contribution in [0.1, 0.15) is 44.7 Å². The molecule has 0 unspecified atom stereocenters. The summed E-state index contributed by atoms with van der Waals surface area (Å²) in [5.41, 5.74) is 0.829. The van der Waals surface area contributed by atoms with Gasteiger partial charge in [-0.3, -0.25) is 14.4 Å². The number of nitrogens with zero attached hydrogens (tertiary/aromatic N) is 1. The average Bonchev–Trinajstić information content (AvgIpc) is 3.08. The van der Waals surface area contributed by atoms with Crippen LogP contribution < -0.4 is 10.2 Å². The Morgan fingerprint density at radius 2 is 2.14 bits per heavy atom. The molecular weight excluding hydrogens is 304 g/mol. The van der Waals surface area contributed by atoms with Crippen LogP contribution in [0.4, 0.5) is 0 Å². The lowest BCUT2D eigenvalue weighted by molar-refractivity contribution is -0.155. The van der Waals surface area contributed by atoms with Gasteiger partial charge in [-0.15, -0.1) is 0 Å². The predicted molar refractivity (Wildman–Crippen MR) is 83.9 cm³/mol. The quantitative estimate of drug-likeness (QED) is 0.806. The number of esters is 1. The van der Waals surface area contributed by atoms with Crippen molar-refractivity contribution in [2.45, 2.75) is 64.6 Å². The Morgan fingerprint density at radius 1 is 1.45 bits per heavy atom. The zero-order valence-electron chi connectivity index (χ0n) is 13.0. The Hall–Kier alpha value is -1.63. The van der Waals surface area contributed by atoms with Crippen LogP contribution in [0.2, 0.25) is 0 Å². The van der Waals surface area contributed by atoms with Crippen LogP contribution in [0.15, 0.2) is 10.2 Å². The van der Waals surface area contributed by atoms with Crippen LogP contribution in [0.25, 0.3) is 0 Å². The van der Waals surface area contributed by atoms with Gasteiger partial charge in [-0.05, 0) is 26.7 Å². The molecule has 1 N–H and O–H groups in total. The van der Waals surface area contributed by atoms with E-state index in [2.05, 4.69) is 5.32 Å². The van der Waals surface area contributed by atoms with Crippen molar-refractivity contribution in [3.63, 3.8) is 0 Å². The SMILES string of the molecule is Cc1csc(=O)n1CCC(=O)O[C@H](C)C(=O)NC1CCCC1. The number of thiazole rings is 1. The average molecular weight is 326 g/mol. The van der Waals surface area contributed by atoms with Gasteiger partial charge in [0.15, 0.2) is 6.10 Å². The fourth-order valence-corrected chi connectivity index (χ4v) is 3.34. The van der Waals surface area contributed by atoms with Crippen molar-refractivity contribution in [1.29, 1.82) is 0 Å². The van der Waals surface area contributed by atoms with Gasteiger partial charge in [-0.25, -0.2) is 0 Å². The molecule has 1 aliphatic carbocycles. The van der Waals surface area contributed by atoms with Gasteiger partial charge in [0.1, 0.15) is 0 Å². The molecule has 0 saturated heterocycles. The second kappa shape index (κ2) is 7.58. The third-order valence-corrected chi connectivity index (χ3v) is 4.78. The Labute approximate surface area is 133 Å². The minimum Gasteiger partial charge on any atom is -0.452 e. The fraction of sp³-hybridized carbons (Fsp3) is 0.667. The summed E-state index contributed by atoms with van der Waals surface area (Å²) < 4.78 is 6.67. The Bertz CT molecular complexity index is 587. The molecule has 0 bridgehead atoms. The molecule has 2 rings (SSSR count). The molecule has 1 heterocycles. The van der Waals surface area contributed by atoms with Crippen molar-refractivity contribution in [2.24, 2.45) is 0 Å². The second-order valence-corrected chi connectivity index (χ2v) is 6.49. The monoisotopic (exact) mass is 326 g/mol. The van der Waals surface area contributed by atoms with E-state index in [1.165, 1.54) is 4.57 Å². The van der Waals surface area contributed by atoms with Crippen molar-refractivity contribution in [1.82, 2.24) is 9.88 Å². The molecule has 6 nitrogen and oxygen atoms in total. The highest BCUT2D eigenvalue weighted by molar-refractivity contribution is 7.07. The first-order valence-electron chi connectivity index (χ1n) is 7.62. The standard InChI is InChI=1S/C15H22N2O4S/c1-10-9-22-15(20)17(10)8-7-13(18)21-11(2)14(19)16-12-5-3-4-6-12/h9,11-12H,3-8H2,1-2H3,(H,16,19)/t11-/m1/s1. The van der Waals surface area contributed by atoms with Gasteiger partial charge in [0.05, 0.1) is 6.42 Å². The van der Waals surface area contributed by atoms with Gasteiger partial charge in [0.2, 0.25) is 0 Å². The van der Waals surface area contributed by atoms with Crippen molar-refractivity contribution < 1.29 is 14.3 Å². The first kappa shape index (κ1) is 16.7. The second-order valence-electron chi connectivity index (χ2n) is 5.67. The minimum absolute atomic E-state index is 0.0819. The minimum atomic E-state index is -0.798. The van der Waals surface area contributed by atoms with Gasteiger partial charge in [-0.2, -0.15) is 0 Å². The van der Waals surface area contributed by atoms with Crippen LogP contribution >= 0.6 is 11.3 Å². The molecule has 0 aromatic carbocycles. The van der Waals surface area contributed by atoms with Crippen molar-refractivity contribution in [3.8, 4) is 0 Å². The van der Waals surface area contributed by atoms with Gasteiger partial charge >= 0.3 is 10.8 Å². The number of hydrogen-bond acceptors (Lipinski definition) is 5. The molecule has 1 saturated carbocycles. The number of carbonyl (C=O) groups is 2. The number of aromatic nitrogens is 1. The van der Waals surface area contributed by atoms with E-state index in [-0.39, 0.29) is 29.8 Å². The molecule has 0 spiro atoms. The summed E-state index contributed by atoms with van der Waals surface area (Å²) in [5, 5.41) is 4.66. The zero-order valence-corrected chi connectivity index (χ0v) is 13.8. The van der Waals surface area contributed by atoms with Crippen LogP contribution in [0, 0.1) is 6.92 Å². The topological polar surface area (TPSA) is 77.4 Å². The zero-order chi connectivity index (χ0) is 16.1. The number of hydrogen-bond donors (Lipinski definition) is 1. The van der Waals surface area contributed by atoms with Crippen LogP contribution in [-0.4, -0.2) is 28.6 Å². The number of aryl methyl sites for hydroxylation is 1. The number of ether oxygens (including phenoxy) is 1. The molecule has 1 aromatic heterocycles. The number of nitrogens with one attached hydrogen (secondary N) is 1. The van der Waals surface area contributed by atoms with E-state index in [0.717, 1.165) is 42.7 Å². The smallest absolute Gasteiger partial charge is 0.308 e. The largest absolute Gasteiger partial charge is 0.452 e. The fourth-order valence-electron chi connectivity index (χ4n) is 2.58. The maximum atomic E-state index is 11.9. The lowest BCUT2D eigenvalue weighted by Crippen LogP contribution is -2.41. The number of carbonyl (C=O) groups excluding carboxylic acids is 2. The van der Waals surface area contributed by atoms with E-state index >= 15 is 0 Å². The van der Waals surface area contributed by atoms with Crippen LogP contribution in [0.3, 0.4) is 0 Å². The molecule has 0 aliphatic heterocycles. The molecule has 1 amide bonds. The van der Waals surface area contributed by atoms with Gasteiger partial charge in [0, 0.05) is 23.7 Å². The highest BCUT2D eigenvalue weighted by Gasteiger charge is 2.23. The molecule has 122 valence electrons. The van der Waals surface area contributed by atoms with E-state index < -0.39 is 12.1 Å². The van der Waals surface area contributed by atoms with E-state index in [9.17, 15) is 14.4 Å². The molecule has 1 aliphatic rings. The summed E-state index contributed by atoms with van der Waals surface area (Å²) in [7, 11) is 0. The summed E-state index contributed by atoms with van der Waals surface area (Å²) in [6.07, 6.45) is 3.54. The normalized spacial score (nSPS) is 16.5. The number of rotatable bonds is 6. The van der Waals surface area contributed by atoms with E-state index in [4.69, 9.17) is 4.74 Å². The third-order valence-electron chi connectivity index (χ3n) is 3.89. The third kappa shape index (κ3) is 4.43. The molecule has 1 aromatic rings. The predicted octanol–water partition coefficient (Wildman–Crippen LogP) is 1.60. The lowest BCUT2D eigenvalue weighted by atomic mass is 10.2. The Balaban J connectivity index is 1.76. The van der Waals surface area contributed by atoms with Gasteiger partial charge in [-0.1, -0.05) is 24.2 Å². The summed E-state index contributed by atoms with van der Waals surface area (Å²) in [6.45, 7) is 3.68. The van der Waals surface area contributed by atoms with Crippen LogP contribution in [-0.2, 0) is 20.9 Å². The molecule has 1 atom stereocenters. The highest BCUT2D eigenvalue weighted by Crippen LogP contribution is 2.17. The molecule has 0 radical (unpaired) electrons. The Kier molecular flexibility index (Phi) is 5.76. The number of amides is 1. The summed E-state index contributed by atoms with van der Waals surface area (Å²) >= 11 is 1.11.